The predicted octanol–water partition coefficient (Wildman–Crippen LogP) is 5.30. The Balaban J connectivity index is 3.69. The molecule has 0 aliphatic carbocycles. The molecular weight excluding hydrogens is 224 g/mol. The zero-order valence-corrected chi connectivity index (χ0v) is 13.6. The SMILES string of the molecule is CCC=C=CCCCCO[Si](C)(C)C(C)(C)C. The Morgan fingerprint density at radius 1 is 1.12 bits per heavy atom. The summed E-state index contributed by atoms with van der Waals surface area (Å²) in [6, 6.07) is 0. The Bertz CT molecular complexity index is 255. The minimum Gasteiger partial charge on any atom is -0.417 e. The fraction of sp³-hybridized carbons (Fsp3) is 0.800. The van der Waals surface area contributed by atoms with Gasteiger partial charge in [0, 0.05) is 6.61 Å². The summed E-state index contributed by atoms with van der Waals surface area (Å²) in [5.41, 5.74) is 3.18. The van der Waals surface area contributed by atoms with Crippen LogP contribution in [0.4, 0.5) is 0 Å². The summed E-state index contributed by atoms with van der Waals surface area (Å²) >= 11 is 0. The van der Waals surface area contributed by atoms with Gasteiger partial charge in [-0.2, -0.15) is 0 Å². The Morgan fingerprint density at radius 2 is 1.76 bits per heavy atom. The second kappa shape index (κ2) is 7.92. The van der Waals surface area contributed by atoms with Gasteiger partial charge in [0.15, 0.2) is 8.32 Å². The van der Waals surface area contributed by atoms with Crippen molar-refractivity contribution in [1.29, 1.82) is 0 Å². The zero-order valence-electron chi connectivity index (χ0n) is 12.6. The lowest BCUT2D eigenvalue weighted by molar-refractivity contribution is 0.279. The van der Waals surface area contributed by atoms with Gasteiger partial charge in [0.05, 0.1) is 0 Å². The van der Waals surface area contributed by atoms with E-state index in [2.05, 4.69) is 58.7 Å². The summed E-state index contributed by atoms with van der Waals surface area (Å²) in [5.74, 6) is 0. The number of allylic oxidation sites excluding steroid dienone is 1. The van der Waals surface area contributed by atoms with Gasteiger partial charge in [-0.15, -0.1) is 5.73 Å². The largest absolute Gasteiger partial charge is 0.417 e. The van der Waals surface area contributed by atoms with Crippen LogP contribution in [0.1, 0.15) is 53.4 Å². The average Bonchev–Trinajstić information content (AvgIpc) is 2.20. The van der Waals surface area contributed by atoms with Crippen LogP contribution in [0.5, 0.6) is 0 Å². The highest BCUT2D eigenvalue weighted by atomic mass is 28.4. The molecule has 0 radical (unpaired) electrons. The lowest BCUT2D eigenvalue weighted by atomic mass is 10.2. The Hall–Kier alpha value is -0.303. The normalized spacial score (nSPS) is 12.1. The van der Waals surface area contributed by atoms with Crippen LogP contribution >= 0.6 is 0 Å². The van der Waals surface area contributed by atoms with Crippen molar-refractivity contribution in [2.75, 3.05) is 6.61 Å². The maximum absolute atomic E-state index is 6.12. The van der Waals surface area contributed by atoms with Crippen LogP contribution in [0, 0.1) is 0 Å². The van der Waals surface area contributed by atoms with Crippen LogP contribution in [0.2, 0.25) is 18.1 Å². The van der Waals surface area contributed by atoms with E-state index < -0.39 is 8.32 Å². The second-order valence-electron chi connectivity index (χ2n) is 6.09. The second-order valence-corrected chi connectivity index (χ2v) is 10.9. The summed E-state index contributed by atoms with van der Waals surface area (Å²) in [4.78, 5) is 0. The van der Waals surface area contributed by atoms with Gasteiger partial charge in [-0.25, -0.2) is 0 Å². The third-order valence-corrected chi connectivity index (χ3v) is 7.99. The Labute approximate surface area is 109 Å². The first-order valence-corrected chi connectivity index (χ1v) is 9.75. The minimum absolute atomic E-state index is 0.330. The molecule has 0 N–H and O–H groups in total. The van der Waals surface area contributed by atoms with Gasteiger partial charge in [0.2, 0.25) is 0 Å². The van der Waals surface area contributed by atoms with Crippen molar-refractivity contribution in [1.82, 2.24) is 0 Å². The molecule has 0 saturated heterocycles. The molecule has 0 saturated carbocycles. The molecule has 1 nitrogen and oxygen atoms in total. The van der Waals surface area contributed by atoms with E-state index in [1.807, 2.05) is 0 Å². The zero-order chi connectivity index (χ0) is 13.4. The third-order valence-electron chi connectivity index (χ3n) is 3.45. The van der Waals surface area contributed by atoms with E-state index in [-0.39, 0.29) is 0 Å². The summed E-state index contributed by atoms with van der Waals surface area (Å²) < 4.78 is 6.12. The van der Waals surface area contributed by atoms with E-state index in [1.54, 1.807) is 0 Å². The maximum atomic E-state index is 6.12. The highest BCUT2D eigenvalue weighted by molar-refractivity contribution is 6.74. The van der Waals surface area contributed by atoms with E-state index in [4.69, 9.17) is 4.43 Å². The molecule has 0 aliphatic heterocycles. The third kappa shape index (κ3) is 7.59. The van der Waals surface area contributed by atoms with Gasteiger partial charge in [0.1, 0.15) is 0 Å². The topological polar surface area (TPSA) is 9.23 Å². The first-order chi connectivity index (χ1) is 7.81. The Kier molecular flexibility index (Phi) is 7.77. The van der Waals surface area contributed by atoms with Gasteiger partial charge in [0.25, 0.3) is 0 Å². The number of rotatable bonds is 7. The molecule has 0 aromatic carbocycles. The summed E-state index contributed by atoms with van der Waals surface area (Å²) in [7, 11) is -1.52. The molecule has 0 rings (SSSR count). The van der Waals surface area contributed by atoms with Crippen molar-refractivity contribution in [2.24, 2.45) is 0 Å². The van der Waals surface area contributed by atoms with Crippen molar-refractivity contribution in [3.8, 4) is 0 Å². The van der Waals surface area contributed by atoms with Gasteiger partial charge < -0.3 is 4.43 Å². The standard InChI is InChI=1S/C15H30OSi/c1-7-8-9-10-11-12-13-14-16-17(5,6)15(2,3)4/h8,10H,7,11-14H2,1-6H3. The first kappa shape index (κ1) is 16.7. The number of hydrogen-bond donors (Lipinski definition) is 0. The molecule has 0 atom stereocenters. The molecule has 0 fully saturated rings. The molecule has 0 bridgehead atoms. The molecule has 0 spiro atoms. The van der Waals surface area contributed by atoms with E-state index in [0.717, 1.165) is 25.9 Å². The molecule has 0 aliphatic rings. The van der Waals surface area contributed by atoms with Crippen molar-refractivity contribution in [2.45, 2.75) is 71.5 Å². The first-order valence-electron chi connectivity index (χ1n) is 6.84. The molecule has 100 valence electrons. The fourth-order valence-corrected chi connectivity index (χ4v) is 2.26. The molecule has 0 amide bonds. The maximum Gasteiger partial charge on any atom is 0.191 e. The summed E-state index contributed by atoms with van der Waals surface area (Å²) in [5, 5.41) is 0.330. The molecule has 0 aromatic heterocycles. The minimum atomic E-state index is -1.52. The van der Waals surface area contributed by atoms with Crippen LogP contribution < -0.4 is 0 Å². The molecule has 2 heteroatoms. The van der Waals surface area contributed by atoms with Gasteiger partial charge >= 0.3 is 0 Å². The van der Waals surface area contributed by atoms with Gasteiger partial charge in [-0.3, -0.25) is 0 Å². The molecule has 17 heavy (non-hydrogen) atoms. The average molecular weight is 254 g/mol. The smallest absolute Gasteiger partial charge is 0.191 e. The predicted molar refractivity (Wildman–Crippen MR) is 79.9 cm³/mol. The van der Waals surface area contributed by atoms with Crippen molar-refractivity contribution in [3.05, 3.63) is 17.9 Å². The highest BCUT2D eigenvalue weighted by Crippen LogP contribution is 2.36. The van der Waals surface area contributed by atoms with Crippen molar-refractivity contribution >= 4 is 8.32 Å². The number of unbranched alkanes of at least 4 members (excludes halogenated alkanes) is 2. The van der Waals surface area contributed by atoms with E-state index in [0.29, 0.717) is 5.04 Å². The highest BCUT2D eigenvalue weighted by Gasteiger charge is 2.36. The lowest BCUT2D eigenvalue weighted by Gasteiger charge is -2.36. The van der Waals surface area contributed by atoms with Gasteiger partial charge in [-0.1, -0.05) is 27.7 Å². The Morgan fingerprint density at radius 3 is 2.29 bits per heavy atom. The monoisotopic (exact) mass is 254 g/mol. The summed E-state index contributed by atoms with van der Waals surface area (Å²) in [6.45, 7) is 14.6. The summed E-state index contributed by atoms with van der Waals surface area (Å²) in [6.07, 6.45) is 8.78. The van der Waals surface area contributed by atoms with E-state index >= 15 is 0 Å². The molecule has 0 heterocycles. The molecular formula is C15H30OSi. The lowest BCUT2D eigenvalue weighted by Crippen LogP contribution is -2.40. The van der Waals surface area contributed by atoms with Crippen LogP contribution in [-0.2, 0) is 4.43 Å². The quantitative estimate of drug-likeness (QED) is 0.340. The van der Waals surface area contributed by atoms with Gasteiger partial charge in [-0.05, 0) is 56.0 Å². The van der Waals surface area contributed by atoms with Crippen molar-refractivity contribution in [3.63, 3.8) is 0 Å². The fourth-order valence-electron chi connectivity index (χ4n) is 1.18. The molecule has 0 aromatic rings. The number of hydrogen-bond acceptors (Lipinski definition) is 1. The van der Waals surface area contributed by atoms with E-state index in [1.165, 1.54) is 6.42 Å². The molecule has 0 unspecified atom stereocenters. The van der Waals surface area contributed by atoms with Crippen molar-refractivity contribution < 1.29 is 4.43 Å². The van der Waals surface area contributed by atoms with Crippen LogP contribution in [0.25, 0.3) is 0 Å². The van der Waals surface area contributed by atoms with Crippen LogP contribution in [-0.4, -0.2) is 14.9 Å². The van der Waals surface area contributed by atoms with Crippen LogP contribution in [0.3, 0.4) is 0 Å². The van der Waals surface area contributed by atoms with Crippen LogP contribution in [0.15, 0.2) is 17.9 Å². The van der Waals surface area contributed by atoms with E-state index in [9.17, 15) is 0 Å².